The fourth-order valence-corrected chi connectivity index (χ4v) is 10.5. The van der Waals surface area contributed by atoms with Crippen molar-refractivity contribution in [1.82, 2.24) is 0 Å². The van der Waals surface area contributed by atoms with Crippen LogP contribution in [0.4, 0.5) is 0 Å². The summed E-state index contributed by atoms with van der Waals surface area (Å²) in [5.41, 5.74) is 30.5. The van der Waals surface area contributed by atoms with Crippen molar-refractivity contribution in [3.63, 3.8) is 0 Å². The summed E-state index contributed by atoms with van der Waals surface area (Å²) in [6, 6.07) is 8.92. The summed E-state index contributed by atoms with van der Waals surface area (Å²) in [5.74, 6) is -15.0. The van der Waals surface area contributed by atoms with E-state index in [0.29, 0.717) is 82.9 Å². The van der Waals surface area contributed by atoms with Gasteiger partial charge in [-0.15, -0.1) is 0 Å². The van der Waals surface area contributed by atoms with Gasteiger partial charge in [0.05, 0.1) is 29.1 Å². The third-order valence-corrected chi connectivity index (χ3v) is 14.4. The second kappa shape index (κ2) is 20.6. The smallest absolute Gasteiger partial charge is 0.224 e. The summed E-state index contributed by atoms with van der Waals surface area (Å²) in [4.78, 5) is 48.0. The number of allylic oxidation sites excluding steroid dienone is 4. The molecule has 4 atom stereocenters. The number of halogens is 3. The maximum atomic E-state index is 12.0. The van der Waals surface area contributed by atoms with Crippen molar-refractivity contribution >= 4 is 80.7 Å². The lowest BCUT2D eigenvalue weighted by atomic mass is 9.82. The van der Waals surface area contributed by atoms with Crippen LogP contribution in [-0.4, -0.2) is 23.6 Å². The molecule has 4 amide bonds. The second-order valence-corrected chi connectivity index (χ2v) is 19.1. The molecular formula is C60H65Cl3N4O4. The summed E-state index contributed by atoms with van der Waals surface area (Å²) in [7, 11) is 0. The van der Waals surface area contributed by atoms with Gasteiger partial charge < -0.3 is 22.9 Å². The lowest BCUT2D eigenvalue weighted by molar-refractivity contribution is -0.121. The molecule has 0 saturated heterocycles. The van der Waals surface area contributed by atoms with Crippen molar-refractivity contribution in [2.75, 3.05) is 0 Å². The van der Waals surface area contributed by atoms with E-state index in [0.717, 1.165) is 11.1 Å². The molecule has 0 fully saturated rings. The minimum absolute atomic E-state index is 0.00680. The zero-order valence-corrected chi connectivity index (χ0v) is 41.4. The Labute approximate surface area is 467 Å². The number of primary amides is 4. The van der Waals surface area contributed by atoms with Gasteiger partial charge in [0.15, 0.2) is 0 Å². The third kappa shape index (κ3) is 9.93. The molecule has 0 aromatic heterocycles. The third-order valence-electron chi connectivity index (χ3n) is 13.4. The number of aryl methyl sites for hydroxylation is 3. The van der Waals surface area contributed by atoms with Crippen LogP contribution in [0.2, 0.25) is 15.1 Å². The van der Waals surface area contributed by atoms with Gasteiger partial charge >= 0.3 is 0 Å². The summed E-state index contributed by atoms with van der Waals surface area (Å²) in [6.45, 7) is 6.96. The van der Waals surface area contributed by atoms with Crippen LogP contribution in [0.25, 0.3) is 22.3 Å². The molecule has 4 unspecified atom stereocenters. The van der Waals surface area contributed by atoms with E-state index in [2.05, 4.69) is 0 Å². The number of hydrogen-bond donors (Lipinski definition) is 4. The zero-order chi connectivity index (χ0) is 72.1. The van der Waals surface area contributed by atoms with Crippen LogP contribution in [-0.2, 0) is 44.9 Å². The summed E-state index contributed by atoms with van der Waals surface area (Å²) in [6.07, 6.45) is -21.8. The summed E-state index contributed by atoms with van der Waals surface area (Å²) >= 11 is 18.4. The van der Waals surface area contributed by atoms with Crippen molar-refractivity contribution in [3.8, 4) is 0 Å². The van der Waals surface area contributed by atoms with E-state index in [1.807, 2.05) is 0 Å². The molecule has 0 spiro atoms. The minimum Gasteiger partial charge on any atom is -0.369 e. The van der Waals surface area contributed by atoms with E-state index < -0.39 is 98.2 Å². The van der Waals surface area contributed by atoms with Crippen molar-refractivity contribution in [3.05, 3.63) is 159 Å². The number of carbonyl (C=O) groups is 4. The van der Waals surface area contributed by atoms with Crippen molar-refractivity contribution < 1.29 is 52.1 Å². The first-order valence-electron chi connectivity index (χ1n) is 34.6. The van der Waals surface area contributed by atoms with Gasteiger partial charge in [-0.1, -0.05) is 70.7 Å². The molecule has 4 aromatic carbocycles. The number of benzene rings is 4. The topological polar surface area (TPSA) is 172 Å². The number of nitrogens with two attached hydrogens (primary N) is 4. The number of amides is 4. The van der Waals surface area contributed by atoms with Crippen LogP contribution < -0.4 is 22.9 Å². The Bertz CT molecular complexity index is 4300. The van der Waals surface area contributed by atoms with Crippen LogP contribution in [0.5, 0.6) is 0 Å². The van der Waals surface area contributed by atoms with E-state index in [4.69, 9.17) is 90.6 Å². The van der Waals surface area contributed by atoms with Gasteiger partial charge in [0.1, 0.15) is 0 Å². The molecule has 8 aliphatic carbocycles. The quantitative estimate of drug-likeness (QED) is 0.159. The van der Waals surface area contributed by atoms with Crippen molar-refractivity contribution in [2.24, 2.45) is 46.5 Å². The Morgan fingerprint density at radius 3 is 1.46 bits per heavy atom. The molecule has 370 valence electrons. The SMILES string of the molecule is [2H]c1c(C)c(Cl)cc2c1CC1=C2CC([2H])([2H])C([2H])([2H])C1([2H])C(N)=O.[2H]c1c(C)ccc2c1C1=C(C2)C([2H])(C(N)=O)C([2H])([2H])C([2H])([2H])C1.[2H]c1c(Cl)c(C)cc2c1C1=C(C2)C([2H])(C(N)=O)C([2H])([2H])C([2H])([2H])C1.[2H]c1c(Cl)cc(C)c2c1C1=C(C2)C([2H])(C(N)=O)C([2H])([2H])C([2H])([2H])C1. The highest BCUT2D eigenvalue weighted by molar-refractivity contribution is 6.32. The second-order valence-electron chi connectivity index (χ2n) is 17.9. The van der Waals surface area contributed by atoms with Crippen LogP contribution in [0, 0.1) is 51.3 Å². The Balaban J connectivity index is 0.000000149. The van der Waals surface area contributed by atoms with Gasteiger partial charge in [0.25, 0.3) is 0 Å². The van der Waals surface area contributed by atoms with Gasteiger partial charge in [-0.3, -0.25) is 19.2 Å². The fraction of sp³-hybridized carbons (Fsp3) is 0.400. The van der Waals surface area contributed by atoms with Crippen LogP contribution in [0.15, 0.2) is 76.8 Å². The Kier molecular flexibility index (Phi) is 8.34. The fourth-order valence-electron chi connectivity index (χ4n) is 9.96. The van der Waals surface area contributed by atoms with Crippen molar-refractivity contribution in [2.45, 2.75) is 130 Å². The number of carbonyl (C=O) groups excluding carboxylic acids is 4. The standard InChI is InChI=1S/3C15H16ClNO.C15H17NO/c2*1-8-5-9-6-13-10(12(9)7-14(8)16)3-2-4-11(13)15(17)18;1-8-5-9(16)6-13-10-3-2-4-11(15(17)18)14(10)7-12(8)13;1-9-5-6-10-8-14-11(13(10)7-9)3-2-4-12(14)15(16)17/h2*5,7,11H,2-4,6H2,1H3,(H2,17,18);5-6,11H,2-4,7H2,1H3,(H2,17,18);5-7,12H,2-4,8H2,1H3,(H2,16,17)/i2D2,4D2,7D,11D;2D2,4D2,5D,11D;2D2,4D2,6D,11D;2D2,4D2,7D,12D. The van der Waals surface area contributed by atoms with Crippen LogP contribution in [0.1, 0.15) is 176 Å². The molecule has 0 radical (unpaired) electrons. The highest BCUT2D eigenvalue weighted by atomic mass is 35.5. The highest BCUT2D eigenvalue weighted by Gasteiger charge is 2.37. The minimum atomic E-state index is -2.79. The predicted molar refractivity (Wildman–Crippen MR) is 288 cm³/mol. The first kappa shape index (κ1) is 28.7. The van der Waals surface area contributed by atoms with Gasteiger partial charge in [-0.2, -0.15) is 0 Å². The molecule has 4 aromatic rings. The maximum absolute atomic E-state index is 12.0. The Hall–Kier alpha value is -5.41. The number of rotatable bonds is 4. The number of hydrogen-bond acceptors (Lipinski definition) is 4. The molecule has 8 N–H and O–H groups in total. The van der Waals surface area contributed by atoms with Crippen LogP contribution >= 0.6 is 34.8 Å². The van der Waals surface area contributed by atoms with E-state index in [-0.39, 0.29) is 108 Å². The first-order chi connectivity index (χ1) is 43.0. The van der Waals surface area contributed by atoms with E-state index in [1.54, 1.807) is 58.0 Å². The number of fused-ring (bicyclic) bond motifs is 8. The van der Waals surface area contributed by atoms with Crippen LogP contribution in [0.3, 0.4) is 0 Å². The Morgan fingerprint density at radius 1 is 0.493 bits per heavy atom. The van der Waals surface area contributed by atoms with Gasteiger partial charge in [0, 0.05) is 42.5 Å². The van der Waals surface area contributed by atoms with Gasteiger partial charge in [-0.25, -0.2) is 0 Å². The van der Waals surface area contributed by atoms with Gasteiger partial charge in [0.2, 0.25) is 23.6 Å². The molecule has 0 saturated carbocycles. The lowest BCUT2D eigenvalue weighted by Crippen LogP contribution is -2.27. The first-order valence-corrected chi connectivity index (χ1v) is 23.7. The molecule has 11 heteroatoms. The molecule has 0 heterocycles. The molecule has 8 nitrogen and oxygen atoms in total. The molecule has 0 bridgehead atoms. The largest absolute Gasteiger partial charge is 0.369 e. The highest BCUT2D eigenvalue weighted by Crippen LogP contribution is 2.49. The molecule has 0 aliphatic heterocycles. The average Bonchev–Trinajstić information content (AvgIpc) is 1.66. The zero-order valence-electron chi connectivity index (χ0n) is 63.1. The van der Waals surface area contributed by atoms with E-state index in [1.165, 1.54) is 0 Å². The normalized spacial score (nSPS) is 36.7. The molecule has 12 rings (SSSR count). The molecule has 8 aliphatic rings. The molecular weight excluding hydrogens is 947 g/mol. The Morgan fingerprint density at radius 2 is 0.944 bits per heavy atom. The summed E-state index contributed by atoms with van der Waals surface area (Å²) in [5, 5.41) is 0.770. The summed E-state index contributed by atoms with van der Waals surface area (Å²) < 4.78 is 196. The predicted octanol–water partition coefficient (Wildman–Crippen LogP) is 12.3. The average molecular weight is 1040 g/mol. The van der Waals surface area contributed by atoms with Gasteiger partial charge in [-0.05, 0) is 260 Å². The van der Waals surface area contributed by atoms with E-state index in [9.17, 15) is 19.2 Å². The van der Waals surface area contributed by atoms with Crippen molar-refractivity contribution in [1.29, 1.82) is 0 Å². The lowest BCUT2D eigenvalue weighted by Gasteiger charge is -2.22. The monoisotopic (exact) mass is 1030 g/mol. The molecule has 71 heavy (non-hydrogen) atoms. The maximum Gasteiger partial charge on any atom is 0.224 e. The van der Waals surface area contributed by atoms with E-state index >= 15 is 0 Å².